The van der Waals surface area contributed by atoms with Gasteiger partial charge < -0.3 is 20.5 Å². The van der Waals surface area contributed by atoms with Crippen molar-refractivity contribution >= 4 is 18.0 Å². The fourth-order valence-corrected chi connectivity index (χ4v) is 2.69. The molecule has 0 spiro atoms. The van der Waals surface area contributed by atoms with Crippen LogP contribution in [-0.2, 0) is 20.9 Å². The highest BCUT2D eigenvalue weighted by Crippen LogP contribution is 2.21. The van der Waals surface area contributed by atoms with Crippen LogP contribution in [-0.4, -0.2) is 35.2 Å². The van der Waals surface area contributed by atoms with E-state index < -0.39 is 30.1 Å². The normalized spacial score (nSPS) is 13.5. The molecular weight excluding hydrogens is 360 g/mol. The number of ether oxygens (including phenoxy) is 1. The van der Waals surface area contributed by atoms with E-state index in [1.54, 1.807) is 0 Å². The average Bonchev–Trinajstić information content (AvgIpc) is 2.58. The first-order valence-corrected chi connectivity index (χ1v) is 9.48. The summed E-state index contributed by atoms with van der Waals surface area (Å²) in [5, 5.41) is 14.5. The number of benzene rings is 1. The summed E-state index contributed by atoms with van der Waals surface area (Å²) in [5.74, 6) is -1.52. The number of hydrogen-bond donors (Lipinski definition) is 3. The lowest BCUT2D eigenvalue weighted by atomic mass is 9.87. The second-order valence-corrected chi connectivity index (χ2v) is 8.55. The molecule has 0 aromatic heterocycles. The van der Waals surface area contributed by atoms with Crippen molar-refractivity contribution in [3.63, 3.8) is 0 Å². The average molecular weight is 392 g/mol. The Morgan fingerprint density at radius 1 is 1.04 bits per heavy atom. The van der Waals surface area contributed by atoms with E-state index in [2.05, 4.69) is 10.6 Å². The highest BCUT2D eigenvalue weighted by molar-refractivity contribution is 5.89. The Hall–Kier alpha value is -2.57. The molecule has 1 aromatic rings. The SMILES string of the molecule is CC(C)CC(NC(=O)C(CC(C)(C)C)NC(=O)OCc1ccccc1)C(=O)O. The fraction of sp³-hybridized carbons (Fsp3) is 0.571. The van der Waals surface area contributed by atoms with Crippen LogP contribution in [0.4, 0.5) is 4.79 Å². The van der Waals surface area contributed by atoms with Gasteiger partial charge in [-0.3, -0.25) is 4.79 Å². The molecule has 28 heavy (non-hydrogen) atoms. The van der Waals surface area contributed by atoms with E-state index in [0.717, 1.165) is 5.56 Å². The number of alkyl carbamates (subject to hydrolysis) is 1. The lowest BCUT2D eigenvalue weighted by Crippen LogP contribution is -2.53. The zero-order valence-electron chi connectivity index (χ0n) is 17.3. The van der Waals surface area contributed by atoms with Crippen molar-refractivity contribution in [2.45, 2.75) is 66.2 Å². The molecule has 0 radical (unpaired) electrons. The van der Waals surface area contributed by atoms with Gasteiger partial charge in [-0.15, -0.1) is 0 Å². The summed E-state index contributed by atoms with van der Waals surface area (Å²) < 4.78 is 5.19. The molecule has 2 unspecified atom stereocenters. The molecule has 0 saturated carbocycles. The zero-order valence-corrected chi connectivity index (χ0v) is 17.3. The van der Waals surface area contributed by atoms with Crippen LogP contribution < -0.4 is 10.6 Å². The minimum absolute atomic E-state index is 0.0850. The Bertz CT molecular complexity index is 653. The molecule has 3 N–H and O–H groups in total. The van der Waals surface area contributed by atoms with Gasteiger partial charge in [-0.2, -0.15) is 0 Å². The summed E-state index contributed by atoms with van der Waals surface area (Å²) in [6.07, 6.45) is -0.0707. The molecule has 7 nitrogen and oxygen atoms in total. The predicted octanol–water partition coefficient (Wildman–Crippen LogP) is 3.33. The van der Waals surface area contributed by atoms with Gasteiger partial charge >= 0.3 is 12.1 Å². The van der Waals surface area contributed by atoms with Gasteiger partial charge in [-0.1, -0.05) is 65.0 Å². The van der Waals surface area contributed by atoms with Gasteiger partial charge in [0.2, 0.25) is 5.91 Å². The summed E-state index contributed by atoms with van der Waals surface area (Å²) in [4.78, 5) is 36.3. The molecule has 0 aliphatic rings. The van der Waals surface area contributed by atoms with Crippen molar-refractivity contribution < 1.29 is 24.2 Å². The van der Waals surface area contributed by atoms with Gasteiger partial charge in [0.05, 0.1) is 0 Å². The molecular formula is C21H32N2O5. The summed E-state index contributed by atoms with van der Waals surface area (Å²) in [7, 11) is 0. The number of carbonyl (C=O) groups is 3. The van der Waals surface area contributed by atoms with Crippen LogP contribution in [0, 0.1) is 11.3 Å². The monoisotopic (exact) mass is 392 g/mol. The maximum Gasteiger partial charge on any atom is 0.408 e. The van der Waals surface area contributed by atoms with Crippen molar-refractivity contribution in [1.82, 2.24) is 10.6 Å². The number of rotatable bonds is 9. The molecule has 2 amide bonds. The van der Waals surface area contributed by atoms with Crippen LogP contribution in [0.5, 0.6) is 0 Å². The maximum atomic E-state index is 12.7. The number of carboxylic acid groups (broad SMARTS) is 1. The number of carbonyl (C=O) groups excluding carboxylic acids is 2. The predicted molar refractivity (Wildman–Crippen MR) is 107 cm³/mol. The van der Waals surface area contributed by atoms with Gasteiger partial charge in [0.1, 0.15) is 18.7 Å². The maximum absolute atomic E-state index is 12.7. The highest BCUT2D eigenvalue weighted by atomic mass is 16.5. The molecule has 156 valence electrons. The summed E-state index contributed by atoms with van der Waals surface area (Å²) in [6.45, 7) is 9.66. The zero-order chi connectivity index (χ0) is 21.3. The molecule has 2 atom stereocenters. The summed E-state index contributed by atoms with van der Waals surface area (Å²) in [6, 6.07) is 7.31. The fourth-order valence-electron chi connectivity index (χ4n) is 2.69. The Morgan fingerprint density at radius 2 is 1.64 bits per heavy atom. The van der Waals surface area contributed by atoms with Crippen LogP contribution in [0.2, 0.25) is 0 Å². The van der Waals surface area contributed by atoms with Crippen molar-refractivity contribution in [2.75, 3.05) is 0 Å². The summed E-state index contributed by atoms with van der Waals surface area (Å²) >= 11 is 0. The second kappa shape index (κ2) is 10.7. The van der Waals surface area contributed by atoms with Gasteiger partial charge in [0.15, 0.2) is 0 Å². The second-order valence-electron chi connectivity index (χ2n) is 8.55. The minimum Gasteiger partial charge on any atom is -0.480 e. The third-order valence-electron chi connectivity index (χ3n) is 3.96. The minimum atomic E-state index is -1.09. The van der Waals surface area contributed by atoms with Crippen LogP contribution in [0.25, 0.3) is 0 Å². The van der Waals surface area contributed by atoms with Crippen LogP contribution in [0.3, 0.4) is 0 Å². The molecule has 1 rings (SSSR count). The first kappa shape index (κ1) is 23.5. The lowest BCUT2D eigenvalue weighted by Gasteiger charge is -2.27. The quantitative estimate of drug-likeness (QED) is 0.598. The molecule has 0 heterocycles. The van der Waals surface area contributed by atoms with Gasteiger partial charge in [-0.25, -0.2) is 9.59 Å². The molecule has 0 aliphatic carbocycles. The van der Waals surface area contributed by atoms with Crippen molar-refractivity contribution in [1.29, 1.82) is 0 Å². The first-order chi connectivity index (χ1) is 13.0. The third kappa shape index (κ3) is 9.39. The Kier molecular flexibility index (Phi) is 8.96. The van der Waals surface area contributed by atoms with E-state index in [-0.39, 0.29) is 17.9 Å². The van der Waals surface area contributed by atoms with Gasteiger partial charge in [0, 0.05) is 0 Å². The largest absolute Gasteiger partial charge is 0.480 e. The Morgan fingerprint density at radius 3 is 2.14 bits per heavy atom. The van der Waals surface area contributed by atoms with E-state index in [1.807, 2.05) is 65.0 Å². The molecule has 0 aliphatic heterocycles. The van der Waals surface area contributed by atoms with E-state index in [1.165, 1.54) is 0 Å². The topological polar surface area (TPSA) is 105 Å². The smallest absolute Gasteiger partial charge is 0.408 e. The molecule has 1 aromatic carbocycles. The number of hydrogen-bond acceptors (Lipinski definition) is 4. The van der Waals surface area contributed by atoms with E-state index in [0.29, 0.717) is 12.8 Å². The summed E-state index contributed by atoms with van der Waals surface area (Å²) in [5.41, 5.74) is 0.572. The Balaban J connectivity index is 2.76. The van der Waals surface area contributed by atoms with Crippen LogP contribution in [0.15, 0.2) is 30.3 Å². The van der Waals surface area contributed by atoms with Crippen molar-refractivity contribution in [2.24, 2.45) is 11.3 Å². The standard InChI is InChI=1S/C21H32N2O5/c1-14(2)11-16(19(25)26)22-18(24)17(12-21(3,4)5)23-20(27)28-13-15-9-7-6-8-10-15/h6-10,14,16-17H,11-13H2,1-5H3,(H,22,24)(H,23,27)(H,25,26). The van der Waals surface area contributed by atoms with E-state index >= 15 is 0 Å². The van der Waals surface area contributed by atoms with Crippen LogP contribution >= 0.6 is 0 Å². The lowest BCUT2D eigenvalue weighted by molar-refractivity contribution is -0.142. The number of amides is 2. The number of carboxylic acids is 1. The van der Waals surface area contributed by atoms with E-state index in [4.69, 9.17) is 4.74 Å². The van der Waals surface area contributed by atoms with Gasteiger partial charge in [0.25, 0.3) is 0 Å². The highest BCUT2D eigenvalue weighted by Gasteiger charge is 2.30. The molecule has 0 saturated heterocycles. The number of nitrogens with one attached hydrogen (secondary N) is 2. The van der Waals surface area contributed by atoms with Crippen LogP contribution in [0.1, 0.15) is 53.0 Å². The third-order valence-corrected chi connectivity index (χ3v) is 3.96. The number of aliphatic carboxylic acids is 1. The Labute approximate surface area is 166 Å². The first-order valence-electron chi connectivity index (χ1n) is 9.48. The molecule has 0 bridgehead atoms. The molecule has 0 fully saturated rings. The van der Waals surface area contributed by atoms with Crippen molar-refractivity contribution in [3.05, 3.63) is 35.9 Å². The van der Waals surface area contributed by atoms with Crippen molar-refractivity contribution in [3.8, 4) is 0 Å². The molecule has 7 heteroatoms. The van der Waals surface area contributed by atoms with Gasteiger partial charge in [-0.05, 0) is 29.7 Å². The van der Waals surface area contributed by atoms with E-state index in [9.17, 15) is 19.5 Å².